The molecule has 0 aliphatic carbocycles. The summed E-state index contributed by atoms with van der Waals surface area (Å²) in [7, 11) is 0. The first-order valence-corrected chi connectivity index (χ1v) is 4.96. The maximum absolute atomic E-state index is 5.79. The summed E-state index contributed by atoms with van der Waals surface area (Å²) in [5.74, 6) is 1.10. The zero-order valence-corrected chi connectivity index (χ0v) is 8.95. The van der Waals surface area contributed by atoms with E-state index >= 15 is 0 Å². The van der Waals surface area contributed by atoms with E-state index in [9.17, 15) is 0 Å². The van der Waals surface area contributed by atoms with Gasteiger partial charge in [0.15, 0.2) is 5.82 Å². The van der Waals surface area contributed by atoms with Crippen LogP contribution in [0.1, 0.15) is 12.7 Å². The van der Waals surface area contributed by atoms with Gasteiger partial charge in [0.05, 0.1) is 5.56 Å². The predicted octanol–water partition coefficient (Wildman–Crippen LogP) is 2.53. The topological polar surface area (TPSA) is 64.9 Å². The van der Waals surface area contributed by atoms with Gasteiger partial charge in [-0.3, -0.25) is 0 Å². The molecular weight excluding hydrogens is 214 g/mol. The Kier molecular flexibility index (Phi) is 2.60. The first kappa shape index (κ1) is 9.98. The van der Waals surface area contributed by atoms with Crippen LogP contribution < -0.4 is 5.73 Å². The van der Waals surface area contributed by atoms with E-state index in [0.29, 0.717) is 28.0 Å². The lowest BCUT2D eigenvalue weighted by Crippen LogP contribution is -1.90. The number of benzene rings is 1. The van der Waals surface area contributed by atoms with Crippen LogP contribution in [0.3, 0.4) is 0 Å². The molecule has 0 spiro atoms. The Morgan fingerprint density at radius 3 is 2.87 bits per heavy atom. The van der Waals surface area contributed by atoms with Crippen LogP contribution in [-0.4, -0.2) is 10.1 Å². The molecule has 1 heterocycles. The first-order chi connectivity index (χ1) is 7.20. The lowest BCUT2D eigenvalue weighted by molar-refractivity contribution is 0.423. The molecule has 4 nitrogen and oxygen atoms in total. The van der Waals surface area contributed by atoms with Crippen molar-refractivity contribution in [2.24, 2.45) is 0 Å². The summed E-state index contributed by atoms with van der Waals surface area (Å²) in [6.45, 7) is 1.96. The van der Waals surface area contributed by atoms with E-state index in [1.165, 1.54) is 0 Å². The molecule has 0 radical (unpaired) electrons. The maximum atomic E-state index is 5.79. The second-order valence-electron chi connectivity index (χ2n) is 3.10. The van der Waals surface area contributed by atoms with Crippen molar-refractivity contribution in [1.29, 1.82) is 0 Å². The Labute approximate surface area is 92.0 Å². The molecule has 0 amide bonds. The monoisotopic (exact) mass is 223 g/mol. The molecule has 0 aliphatic heterocycles. The highest BCUT2D eigenvalue weighted by Gasteiger charge is 2.10. The Hall–Kier alpha value is -1.55. The average Bonchev–Trinajstić information content (AvgIpc) is 2.66. The summed E-state index contributed by atoms with van der Waals surface area (Å²) >= 11 is 5.79. The van der Waals surface area contributed by atoms with E-state index in [4.69, 9.17) is 21.9 Å². The number of anilines is 1. The minimum absolute atomic E-state index is 0.431. The molecule has 0 fully saturated rings. The molecule has 0 aliphatic rings. The molecule has 78 valence electrons. The number of rotatable bonds is 2. The third-order valence-electron chi connectivity index (χ3n) is 2.03. The fourth-order valence-corrected chi connectivity index (χ4v) is 1.42. The minimum Gasteiger partial charge on any atom is -0.398 e. The van der Waals surface area contributed by atoms with Gasteiger partial charge in [0, 0.05) is 17.1 Å². The average molecular weight is 224 g/mol. The van der Waals surface area contributed by atoms with Gasteiger partial charge in [-0.1, -0.05) is 23.7 Å². The number of aryl methyl sites for hydroxylation is 1. The Morgan fingerprint density at radius 1 is 1.47 bits per heavy atom. The Bertz CT molecular complexity index is 481. The molecule has 0 saturated heterocycles. The number of hydrogen-bond donors (Lipinski definition) is 1. The van der Waals surface area contributed by atoms with Gasteiger partial charge in [-0.2, -0.15) is 4.98 Å². The van der Waals surface area contributed by atoms with E-state index in [1.807, 2.05) is 6.92 Å². The van der Waals surface area contributed by atoms with Crippen LogP contribution in [-0.2, 0) is 6.42 Å². The second kappa shape index (κ2) is 3.90. The normalized spacial score (nSPS) is 10.5. The smallest absolute Gasteiger partial charge is 0.260 e. The van der Waals surface area contributed by atoms with Gasteiger partial charge in [0.2, 0.25) is 0 Å². The van der Waals surface area contributed by atoms with Crippen LogP contribution in [0.15, 0.2) is 22.7 Å². The summed E-state index contributed by atoms with van der Waals surface area (Å²) in [5, 5.41) is 4.39. The highest BCUT2D eigenvalue weighted by molar-refractivity contribution is 6.31. The number of aromatic nitrogens is 2. The lowest BCUT2D eigenvalue weighted by atomic mass is 10.2. The molecule has 2 aromatic rings. The van der Waals surface area contributed by atoms with Crippen molar-refractivity contribution in [3.63, 3.8) is 0 Å². The summed E-state index contributed by atoms with van der Waals surface area (Å²) < 4.78 is 5.08. The van der Waals surface area contributed by atoms with Crippen molar-refractivity contribution in [1.82, 2.24) is 10.1 Å². The van der Waals surface area contributed by atoms with Gasteiger partial charge in [0.25, 0.3) is 5.89 Å². The first-order valence-electron chi connectivity index (χ1n) is 4.58. The number of halogens is 1. The quantitative estimate of drug-likeness (QED) is 0.795. The van der Waals surface area contributed by atoms with E-state index in [2.05, 4.69) is 10.1 Å². The van der Waals surface area contributed by atoms with Crippen molar-refractivity contribution in [3.8, 4) is 11.5 Å². The number of nitrogens with two attached hydrogens (primary N) is 1. The van der Waals surface area contributed by atoms with E-state index in [0.717, 1.165) is 6.42 Å². The van der Waals surface area contributed by atoms with Gasteiger partial charge in [0.1, 0.15) is 0 Å². The maximum Gasteiger partial charge on any atom is 0.260 e. The number of nitrogen functional groups attached to an aromatic ring is 1. The van der Waals surface area contributed by atoms with Gasteiger partial charge in [-0.05, 0) is 18.2 Å². The van der Waals surface area contributed by atoms with Crippen LogP contribution in [0.5, 0.6) is 0 Å². The van der Waals surface area contributed by atoms with Gasteiger partial charge in [-0.15, -0.1) is 0 Å². The molecule has 2 rings (SSSR count). The van der Waals surface area contributed by atoms with Crippen molar-refractivity contribution in [2.45, 2.75) is 13.3 Å². The fourth-order valence-electron chi connectivity index (χ4n) is 1.24. The SMILES string of the molecule is CCc1noc(-c2ccc(Cl)cc2N)n1. The number of hydrogen-bond acceptors (Lipinski definition) is 4. The van der Waals surface area contributed by atoms with E-state index in [1.54, 1.807) is 18.2 Å². The molecule has 0 saturated carbocycles. The number of nitrogens with zero attached hydrogens (tertiary/aromatic N) is 2. The van der Waals surface area contributed by atoms with Gasteiger partial charge >= 0.3 is 0 Å². The summed E-state index contributed by atoms with van der Waals surface area (Å²) in [5.41, 5.74) is 7.04. The molecule has 0 unspecified atom stereocenters. The van der Waals surface area contributed by atoms with E-state index in [-0.39, 0.29) is 0 Å². The fraction of sp³-hybridized carbons (Fsp3) is 0.200. The molecular formula is C10H10ClN3O. The minimum atomic E-state index is 0.431. The van der Waals surface area contributed by atoms with Crippen LogP contribution in [0.25, 0.3) is 11.5 Å². The lowest BCUT2D eigenvalue weighted by Gasteiger charge is -1.99. The van der Waals surface area contributed by atoms with Crippen LogP contribution in [0, 0.1) is 0 Å². The second-order valence-corrected chi connectivity index (χ2v) is 3.54. The van der Waals surface area contributed by atoms with Crippen molar-refractivity contribution in [2.75, 3.05) is 5.73 Å². The van der Waals surface area contributed by atoms with Crippen molar-refractivity contribution in [3.05, 3.63) is 29.0 Å². The summed E-state index contributed by atoms with van der Waals surface area (Å²) in [6, 6.07) is 5.17. The zero-order valence-electron chi connectivity index (χ0n) is 8.20. The highest BCUT2D eigenvalue weighted by Crippen LogP contribution is 2.26. The molecule has 5 heteroatoms. The van der Waals surface area contributed by atoms with Gasteiger partial charge < -0.3 is 10.3 Å². The zero-order chi connectivity index (χ0) is 10.8. The molecule has 15 heavy (non-hydrogen) atoms. The third-order valence-corrected chi connectivity index (χ3v) is 2.26. The summed E-state index contributed by atoms with van der Waals surface area (Å²) in [4.78, 5) is 4.19. The predicted molar refractivity (Wildman–Crippen MR) is 58.5 cm³/mol. The van der Waals surface area contributed by atoms with Crippen LogP contribution >= 0.6 is 11.6 Å². The standard InChI is InChI=1S/C10H10ClN3O/c1-2-9-13-10(15-14-9)7-4-3-6(11)5-8(7)12/h3-5H,2,12H2,1H3. The summed E-state index contributed by atoms with van der Waals surface area (Å²) in [6.07, 6.45) is 0.733. The molecule has 2 N–H and O–H groups in total. The molecule has 1 aromatic heterocycles. The Balaban J connectivity index is 2.44. The van der Waals surface area contributed by atoms with Crippen LogP contribution in [0.4, 0.5) is 5.69 Å². The largest absolute Gasteiger partial charge is 0.398 e. The molecule has 1 aromatic carbocycles. The highest BCUT2D eigenvalue weighted by atomic mass is 35.5. The van der Waals surface area contributed by atoms with E-state index < -0.39 is 0 Å². The molecule has 0 atom stereocenters. The molecule has 0 bridgehead atoms. The van der Waals surface area contributed by atoms with Crippen molar-refractivity contribution < 1.29 is 4.52 Å². The van der Waals surface area contributed by atoms with Crippen molar-refractivity contribution >= 4 is 17.3 Å². The van der Waals surface area contributed by atoms with Crippen LogP contribution in [0.2, 0.25) is 5.02 Å². The van der Waals surface area contributed by atoms with Gasteiger partial charge in [-0.25, -0.2) is 0 Å². The third kappa shape index (κ3) is 1.94. The Morgan fingerprint density at radius 2 is 2.27 bits per heavy atom.